The maximum Gasteiger partial charge on any atom is 0.358 e. The first kappa shape index (κ1) is 19.3. The molecule has 0 bridgehead atoms. The summed E-state index contributed by atoms with van der Waals surface area (Å²) in [5, 5.41) is -0.0337. The van der Waals surface area contributed by atoms with Gasteiger partial charge in [-0.2, -0.15) is 4.31 Å². The summed E-state index contributed by atoms with van der Waals surface area (Å²) in [5.74, 6) is -1.33. The number of sulfonamides is 1. The Morgan fingerprint density at radius 1 is 1.24 bits per heavy atom. The summed E-state index contributed by atoms with van der Waals surface area (Å²) < 4.78 is 44.6. The molecule has 2 aromatic rings. The zero-order valence-corrected chi connectivity index (χ0v) is 15.3. The second-order valence-electron chi connectivity index (χ2n) is 5.22. The van der Waals surface area contributed by atoms with Crippen LogP contribution in [0, 0.1) is 5.82 Å². The van der Waals surface area contributed by atoms with Crippen molar-refractivity contribution in [1.29, 1.82) is 0 Å². The number of carbonyl (C=O) groups excluding carboxylic acids is 1. The lowest BCUT2D eigenvalue weighted by Gasteiger charge is -2.25. The second kappa shape index (κ2) is 7.47. The average Bonchev–Trinajstić information content (AvgIpc) is 2.60. The van der Waals surface area contributed by atoms with Crippen LogP contribution in [0.2, 0.25) is 5.15 Å². The Morgan fingerprint density at radius 3 is 2.40 bits per heavy atom. The van der Waals surface area contributed by atoms with E-state index in [0.29, 0.717) is 5.56 Å². The van der Waals surface area contributed by atoms with Gasteiger partial charge in [0.1, 0.15) is 15.9 Å². The van der Waals surface area contributed by atoms with Gasteiger partial charge in [-0.15, -0.1) is 0 Å². The number of aromatic nitrogens is 1. The van der Waals surface area contributed by atoms with E-state index in [0.717, 1.165) is 11.4 Å². The molecule has 0 aliphatic heterocycles. The average molecular weight is 387 g/mol. The number of benzene rings is 1. The van der Waals surface area contributed by atoms with Crippen LogP contribution in [0.25, 0.3) is 0 Å². The van der Waals surface area contributed by atoms with Crippen LogP contribution in [0.3, 0.4) is 0 Å². The smallest absolute Gasteiger partial charge is 0.358 e. The second-order valence-corrected chi connectivity index (χ2v) is 7.57. The van der Waals surface area contributed by atoms with Crippen molar-refractivity contribution < 1.29 is 22.3 Å². The van der Waals surface area contributed by atoms with Crippen LogP contribution in [0.1, 0.15) is 29.0 Å². The molecule has 1 aromatic carbocycles. The predicted molar refractivity (Wildman–Crippen MR) is 90.4 cm³/mol. The van der Waals surface area contributed by atoms with Gasteiger partial charge in [0.15, 0.2) is 5.69 Å². The SMILES string of the molecule is COC(=O)c1nc(Cl)ccc1S(=O)(=O)N(C)[C@@H](C)c1ccc(F)cc1. The molecule has 6 nitrogen and oxygen atoms in total. The molecule has 0 amide bonds. The van der Waals surface area contributed by atoms with Crippen molar-refractivity contribution in [3.63, 3.8) is 0 Å². The highest BCUT2D eigenvalue weighted by Crippen LogP contribution is 2.28. The fourth-order valence-electron chi connectivity index (χ4n) is 2.19. The molecule has 1 heterocycles. The fraction of sp³-hybridized carbons (Fsp3) is 0.250. The number of esters is 1. The van der Waals surface area contributed by atoms with Crippen LogP contribution in [0.15, 0.2) is 41.3 Å². The van der Waals surface area contributed by atoms with Gasteiger partial charge >= 0.3 is 5.97 Å². The zero-order valence-electron chi connectivity index (χ0n) is 13.7. The zero-order chi connectivity index (χ0) is 18.8. The van der Waals surface area contributed by atoms with E-state index in [1.165, 1.54) is 43.4 Å². The van der Waals surface area contributed by atoms with E-state index >= 15 is 0 Å². The Morgan fingerprint density at radius 2 is 1.84 bits per heavy atom. The first-order valence-corrected chi connectivity index (χ1v) is 8.98. The van der Waals surface area contributed by atoms with Crippen molar-refractivity contribution >= 4 is 27.6 Å². The van der Waals surface area contributed by atoms with Crippen molar-refractivity contribution in [2.45, 2.75) is 17.9 Å². The Hall–Kier alpha value is -2.03. The molecule has 0 radical (unpaired) electrons. The van der Waals surface area contributed by atoms with E-state index < -0.39 is 33.5 Å². The molecule has 1 aromatic heterocycles. The molecule has 0 unspecified atom stereocenters. The number of methoxy groups -OCH3 is 1. The number of carbonyl (C=O) groups is 1. The highest BCUT2D eigenvalue weighted by molar-refractivity contribution is 7.89. The molecule has 0 aliphatic carbocycles. The lowest BCUT2D eigenvalue weighted by molar-refractivity contribution is 0.0589. The fourth-order valence-corrected chi connectivity index (χ4v) is 3.80. The minimum absolute atomic E-state index is 0.0337. The minimum atomic E-state index is -4.08. The number of pyridine rings is 1. The van der Waals surface area contributed by atoms with Crippen molar-refractivity contribution in [3.8, 4) is 0 Å². The monoisotopic (exact) mass is 386 g/mol. The number of nitrogens with zero attached hydrogens (tertiary/aromatic N) is 2. The molecule has 0 aliphatic rings. The highest BCUT2D eigenvalue weighted by atomic mass is 35.5. The summed E-state index contributed by atoms with van der Waals surface area (Å²) in [6.45, 7) is 1.64. The third kappa shape index (κ3) is 3.97. The molecule has 1 atom stereocenters. The van der Waals surface area contributed by atoms with Crippen LogP contribution in [-0.4, -0.2) is 37.8 Å². The van der Waals surface area contributed by atoms with Gasteiger partial charge in [-0.25, -0.2) is 22.6 Å². The lowest BCUT2D eigenvalue weighted by atomic mass is 10.1. The summed E-state index contributed by atoms with van der Waals surface area (Å²) in [6, 6.07) is 7.35. The van der Waals surface area contributed by atoms with E-state index in [2.05, 4.69) is 9.72 Å². The highest BCUT2D eigenvalue weighted by Gasteiger charge is 2.31. The summed E-state index contributed by atoms with van der Waals surface area (Å²) in [4.78, 5) is 15.3. The van der Waals surface area contributed by atoms with Gasteiger partial charge in [0.05, 0.1) is 7.11 Å². The van der Waals surface area contributed by atoms with Crippen molar-refractivity contribution in [2.24, 2.45) is 0 Å². The Balaban J connectivity index is 2.47. The molecule has 0 saturated carbocycles. The van der Waals surface area contributed by atoms with Crippen LogP contribution >= 0.6 is 11.6 Å². The normalized spacial score (nSPS) is 12.9. The number of ether oxygens (including phenoxy) is 1. The van der Waals surface area contributed by atoms with E-state index in [1.807, 2.05) is 0 Å². The summed E-state index contributed by atoms with van der Waals surface area (Å²) >= 11 is 5.76. The van der Waals surface area contributed by atoms with Gasteiger partial charge in [0.25, 0.3) is 0 Å². The van der Waals surface area contributed by atoms with Crippen molar-refractivity contribution in [3.05, 3.63) is 58.6 Å². The van der Waals surface area contributed by atoms with E-state index in [4.69, 9.17) is 11.6 Å². The minimum Gasteiger partial charge on any atom is -0.464 e. The molecular formula is C16H16ClFN2O4S. The topological polar surface area (TPSA) is 76.6 Å². The molecule has 2 rings (SSSR count). The van der Waals surface area contributed by atoms with Crippen molar-refractivity contribution in [1.82, 2.24) is 9.29 Å². The van der Waals surface area contributed by atoms with Gasteiger partial charge < -0.3 is 4.74 Å². The number of hydrogen-bond donors (Lipinski definition) is 0. The number of halogens is 2. The Bertz CT molecular complexity index is 888. The first-order chi connectivity index (χ1) is 11.7. The largest absolute Gasteiger partial charge is 0.464 e. The Labute approximate surface area is 150 Å². The first-order valence-electron chi connectivity index (χ1n) is 7.17. The van der Waals surface area contributed by atoms with Gasteiger partial charge in [-0.3, -0.25) is 0 Å². The van der Waals surface area contributed by atoms with E-state index in [1.54, 1.807) is 6.92 Å². The van der Waals surface area contributed by atoms with Crippen molar-refractivity contribution in [2.75, 3.05) is 14.2 Å². The maximum absolute atomic E-state index is 13.1. The standard InChI is InChI=1S/C16H16ClFN2O4S/c1-10(11-4-6-12(18)7-5-11)20(2)25(22,23)13-8-9-14(17)19-15(13)16(21)24-3/h4-10H,1-3H3/t10-/m0/s1. The quantitative estimate of drug-likeness (QED) is 0.583. The van der Waals surface area contributed by atoms with Gasteiger partial charge in [0.2, 0.25) is 10.0 Å². The third-order valence-electron chi connectivity index (χ3n) is 3.76. The molecular weight excluding hydrogens is 371 g/mol. The third-order valence-corrected chi connectivity index (χ3v) is 5.93. The predicted octanol–water partition coefficient (Wildman–Crippen LogP) is 3.04. The van der Waals surface area contributed by atoms with E-state index in [9.17, 15) is 17.6 Å². The maximum atomic E-state index is 13.1. The number of hydrogen-bond acceptors (Lipinski definition) is 5. The Kier molecular flexibility index (Phi) is 5.76. The molecule has 9 heteroatoms. The van der Waals surface area contributed by atoms with Crippen LogP contribution < -0.4 is 0 Å². The lowest BCUT2D eigenvalue weighted by Crippen LogP contribution is -2.31. The van der Waals surface area contributed by atoms with Crippen LogP contribution in [0.5, 0.6) is 0 Å². The molecule has 0 fully saturated rings. The number of rotatable bonds is 5. The summed E-state index contributed by atoms with van der Waals surface area (Å²) in [6.07, 6.45) is 0. The molecule has 25 heavy (non-hydrogen) atoms. The molecule has 0 N–H and O–H groups in total. The molecule has 0 spiro atoms. The van der Waals surface area contributed by atoms with Gasteiger partial charge in [0, 0.05) is 13.1 Å². The van der Waals surface area contributed by atoms with Crippen LogP contribution in [0.4, 0.5) is 4.39 Å². The molecule has 134 valence electrons. The summed E-state index contributed by atoms with van der Waals surface area (Å²) in [7, 11) is -1.60. The van der Waals surface area contributed by atoms with Gasteiger partial charge in [-0.1, -0.05) is 23.7 Å². The molecule has 0 saturated heterocycles. The van der Waals surface area contributed by atoms with Gasteiger partial charge in [-0.05, 0) is 36.8 Å². The van der Waals surface area contributed by atoms with E-state index in [-0.39, 0.29) is 10.0 Å². The summed E-state index contributed by atoms with van der Waals surface area (Å²) in [5.41, 5.74) is 0.196. The van der Waals surface area contributed by atoms with Crippen LogP contribution in [-0.2, 0) is 14.8 Å².